The van der Waals surface area contributed by atoms with Crippen molar-refractivity contribution in [2.24, 2.45) is 0 Å². The molecular formula is C15H17N3O3S. The first-order chi connectivity index (χ1) is 10.7. The van der Waals surface area contributed by atoms with Crippen molar-refractivity contribution in [1.29, 1.82) is 0 Å². The fourth-order valence-electron chi connectivity index (χ4n) is 2.93. The van der Waals surface area contributed by atoms with Crippen LogP contribution in [0.25, 0.3) is 10.2 Å². The number of aromatic nitrogens is 1. The van der Waals surface area contributed by atoms with E-state index in [1.165, 1.54) is 11.3 Å². The molecule has 0 atom stereocenters. The van der Waals surface area contributed by atoms with Gasteiger partial charge in [-0.15, -0.1) is 0 Å². The standard InChI is InChI=1S/C15H17N3O3S/c19-14(17-13-16-11-3-1-2-4-12(11)22-13)18-7-5-15(6-8-18)20-9-10-21-15/h1-4H,5-10H2,(H,16,17,19). The molecule has 7 heteroatoms. The molecule has 2 aliphatic rings. The second-order valence-electron chi connectivity index (χ2n) is 5.51. The lowest BCUT2D eigenvalue weighted by molar-refractivity contribution is -0.181. The monoisotopic (exact) mass is 319 g/mol. The molecule has 3 heterocycles. The van der Waals surface area contributed by atoms with Gasteiger partial charge < -0.3 is 14.4 Å². The van der Waals surface area contributed by atoms with Gasteiger partial charge in [-0.1, -0.05) is 23.5 Å². The molecule has 2 saturated heterocycles. The van der Waals surface area contributed by atoms with Crippen LogP contribution in [0.4, 0.5) is 9.93 Å². The Morgan fingerprint density at radius 2 is 1.95 bits per heavy atom. The summed E-state index contributed by atoms with van der Waals surface area (Å²) < 4.78 is 12.4. The number of para-hydroxylation sites is 1. The molecule has 0 aliphatic carbocycles. The number of fused-ring (bicyclic) bond motifs is 1. The van der Waals surface area contributed by atoms with Crippen LogP contribution in [0.2, 0.25) is 0 Å². The van der Waals surface area contributed by atoms with E-state index in [9.17, 15) is 4.79 Å². The molecule has 1 N–H and O–H groups in total. The van der Waals surface area contributed by atoms with Crippen molar-refractivity contribution in [2.45, 2.75) is 18.6 Å². The minimum Gasteiger partial charge on any atom is -0.347 e. The van der Waals surface area contributed by atoms with Gasteiger partial charge in [-0.2, -0.15) is 0 Å². The van der Waals surface area contributed by atoms with E-state index >= 15 is 0 Å². The van der Waals surface area contributed by atoms with Crippen LogP contribution in [0.15, 0.2) is 24.3 Å². The molecule has 116 valence electrons. The molecule has 2 aliphatic heterocycles. The van der Waals surface area contributed by atoms with Gasteiger partial charge in [0.15, 0.2) is 10.9 Å². The minimum absolute atomic E-state index is 0.105. The Balaban J connectivity index is 1.40. The number of carbonyl (C=O) groups is 1. The molecule has 2 aromatic rings. The topological polar surface area (TPSA) is 63.7 Å². The summed E-state index contributed by atoms with van der Waals surface area (Å²) in [5.74, 6) is -0.452. The number of hydrogen-bond donors (Lipinski definition) is 1. The highest BCUT2D eigenvalue weighted by atomic mass is 32.1. The maximum atomic E-state index is 12.3. The summed E-state index contributed by atoms with van der Waals surface area (Å²) in [5.41, 5.74) is 0.910. The van der Waals surface area contributed by atoms with E-state index in [-0.39, 0.29) is 6.03 Å². The molecule has 1 aromatic heterocycles. The summed E-state index contributed by atoms with van der Waals surface area (Å²) in [7, 11) is 0. The fourth-order valence-corrected chi connectivity index (χ4v) is 3.79. The van der Waals surface area contributed by atoms with Crippen LogP contribution in [0.1, 0.15) is 12.8 Å². The first kappa shape index (κ1) is 13.9. The first-order valence-corrected chi connectivity index (χ1v) is 8.25. The van der Waals surface area contributed by atoms with Crippen molar-refractivity contribution in [1.82, 2.24) is 9.88 Å². The Hall–Kier alpha value is -1.70. The van der Waals surface area contributed by atoms with Crippen LogP contribution in [-0.4, -0.2) is 48.0 Å². The Kier molecular flexibility index (Phi) is 3.48. The highest BCUT2D eigenvalue weighted by Gasteiger charge is 2.40. The van der Waals surface area contributed by atoms with Crippen LogP contribution in [0.3, 0.4) is 0 Å². The SMILES string of the molecule is O=C(Nc1nc2ccccc2s1)N1CCC2(CC1)OCCO2. The molecule has 1 spiro atoms. The Bertz CT molecular complexity index is 653. The molecule has 2 amide bonds. The molecular weight excluding hydrogens is 302 g/mol. The Morgan fingerprint density at radius 1 is 1.23 bits per heavy atom. The lowest BCUT2D eigenvalue weighted by Gasteiger charge is -2.37. The van der Waals surface area contributed by atoms with Gasteiger partial charge in [0.05, 0.1) is 23.4 Å². The summed E-state index contributed by atoms with van der Waals surface area (Å²) in [6.45, 7) is 2.57. The van der Waals surface area contributed by atoms with Crippen LogP contribution < -0.4 is 5.32 Å². The summed E-state index contributed by atoms with van der Waals surface area (Å²) in [6, 6.07) is 7.76. The number of hydrogen-bond acceptors (Lipinski definition) is 5. The zero-order valence-corrected chi connectivity index (χ0v) is 12.9. The highest BCUT2D eigenvalue weighted by Crippen LogP contribution is 2.32. The average molecular weight is 319 g/mol. The summed E-state index contributed by atoms with van der Waals surface area (Å²) in [5, 5.41) is 3.53. The predicted octanol–water partition coefficient (Wildman–Crippen LogP) is 2.67. The Labute approximate surface area is 132 Å². The number of amides is 2. The van der Waals surface area contributed by atoms with E-state index in [0.29, 0.717) is 31.4 Å². The molecule has 22 heavy (non-hydrogen) atoms. The third-order valence-corrected chi connectivity index (χ3v) is 5.09. The summed E-state index contributed by atoms with van der Waals surface area (Å²) >= 11 is 1.49. The van der Waals surface area contributed by atoms with Crippen molar-refractivity contribution >= 4 is 32.7 Å². The number of carbonyl (C=O) groups excluding carboxylic acids is 1. The third kappa shape index (κ3) is 2.55. The largest absolute Gasteiger partial charge is 0.347 e. The van der Waals surface area contributed by atoms with Gasteiger partial charge in [-0.3, -0.25) is 5.32 Å². The van der Waals surface area contributed by atoms with Crippen LogP contribution in [0, 0.1) is 0 Å². The highest BCUT2D eigenvalue weighted by molar-refractivity contribution is 7.22. The fraction of sp³-hybridized carbons (Fsp3) is 0.467. The van der Waals surface area contributed by atoms with E-state index < -0.39 is 5.79 Å². The predicted molar refractivity (Wildman–Crippen MR) is 84.1 cm³/mol. The second-order valence-corrected chi connectivity index (χ2v) is 6.54. The molecule has 0 radical (unpaired) electrons. The number of anilines is 1. The van der Waals surface area contributed by atoms with Gasteiger partial charge in [-0.25, -0.2) is 9.78 Å². The summed E-state index contributed by atoms with van der Waals surface area (Å²) in [4.78, 5) is 18.6. The zero-order chi connectivity index (χ0) is 15.0. The van der Waals surface area contributed by atoms with E-state index in [2.05, 4.69) is 10.3 Å². The van der Waals surface area contributed by atoms with Crippen LogP contribution in [-0.2, 0) is 9.47 Å². The van der Waals surface area contributed by atoms with Crippen molar-refractivity contribution in [3.05, 3.63) is 24.3 Å². The van der Waals surface area contributed by atoms with Crippen molar-refractivity contribution < 1.29 is 14.3 Å². The number of nitrogens with zero attached hydrogens (tertiary/aromatic N) is 2. The van der Waals surface area contributed by atoms with E-state index in [4.69, 9.17) is 9.47 Å². The van der Waals surface area contributed by atoms with E-state index in [1.807, 2.05) is 24.3 Å². The van der Waals surface area contributed by atoms with Gasteiger partial charge in [0.25, 0.3) is 0 Å². The first-order valence-electron chi connectivity index (χ1n) is 7.44. The second kappa shape index (κ2) is 5.49. The van der Waals surface area contributed by atoms with Crippen molar-refractivity contribution in [2.75, 3.05) is 31.6 Å². The van der Waals surface area contributed by atoms with Gasteiger partial charge in [0, 0.05) is 25.9 Å². The minimum atomic E-state index is -0.452. The molecule has 6 nitrogen and oxygen atoms in total. The van der Waals surface area contributed by atoms with Crippen molar-refractivity contribution in [3.63, 3.8) is 0 Å². The molecule has 4 rings (SSSR count). The number of ether oxygens (including phenoxy) is 2. The molecule has 0 bridgehead atoms. The van der Waals surface area contributed by atoms with Gasteiger partial charge in [0.2, 0.25) is 0 Å². The van der Waals surface area contributed by atoms with Crippen LogP contribution >= 0.6 is 11.3 Å². The molecule has 2 fully saturated rings. The number of likely N-dealkylation sites (tertiary alicyclic amines) is 1. The Morgan fingerprint density at radius 3 is 2.68 bits per heavy atom. The number of urea groups is 1. The number of thiazole rings is 1. The zero-order valence-electron chi connectivity index (χ0n) is 12.1. The maximum Gasteiger partial charge on any atom is 0.323 e. The summed E-state index contributed by atoms with van der Waals surface area (Å²) in [6.07, 6.45) is 1.44. The van der Waals surface area contributed by atoms with E-state index in [1.54, 1.807) is 4.90 Å². The average Bonchev–Trinajstić information content (AvgIpc) is 3.14. The van der Waals surface area contributed by atoms with Crippen molar-refractivity contribution in [3.8, 4) is 0 Å². The molecule has 1 aromatic carbocycles. The lowest BCUT2D eigenvalue weighted by atomic mass is 10.0. The number of piperidine rings is 1. The van der Waals surface area contributed by atoms with E-state index in [0.717, 1.165) is 23.1 Å². The number of benzene rings is 1. The van der Waals surface area contributed by atoms with Crippen LogP contribution in [0.5, 0.6) is 0 Å². The molecule has 0 saturated carbocycles. The normalized spacial score (nSPS) is 20.6. The van der Waals surface area contributed by atoms with Gasteiger partial charge >= 0.3 is 6.03 Å². The smallest absolute Gasteiger partial charge is 0.323 e. The molecule has 0 unspecified atom stereocenters. The third-order valence-electron chi connectivity index (χ3n) is 4.13. The number of rotatable bonds is 1. The van der Waals surface area contributed by atoms with Gasteiger partial charge in [-0.05, 0) is 12.1 Å². The quantitative estimate of drug-likeness (QED) is 0.878. The van der Waals surface area contributed by atoms with Gasteiger partial charge in [0.1, 0.15) is 0 Å². The maximum absolute atomic E-state index is 12.3. The number of nitrogens with one attached hydrogen (secondary N) is 1. The lowest BCUT2D eigenvalue weighted by Crippen LogP contribution is -2.48.